The van der Waals surface area contributed by atoms with E-state index in [2.05, 4.69) is 26.3 Å². The predicted molar refractivity (Wildman–Crippen MR) is 90.3 cm³/mol. The van der Waals surface area contributed by atoms with Crippen molar-refractivity contribution in [1.82, 2.24) is 9.78 Å². The van der Waals surface area contributed by atoms with E-state index in [9.17, 15) is 9.59 Å². The Morgan fingerprint density at radius 2 is 2.00 bits per heavy atom. The highest BCUT2D eigenvalue weighted by Gasteiger charge is 2.20. The van der Waals surface area contributed by atoms with Crippen LogP contribution in [0.15, 0.2) is 41.0 Å². The summed E-state index contributed by atoms with van der Waals surface area (Å²) < 4.78 is 7.65. The molecule has 0 fully saturated rings. The Bertz CT molecular complexity index is 712. The van der Waals surface area contributed by atoms with Crippen LogP contribution in [-0.4, -0.2) is 27.8 Å². The minimum absolute atomic E-state index is 0.111. The third-order valence-electron chi connectivity index (χ3n) is 3.12. The fourth-order valence-electron chi connectivity index (χ4n) is 1.95. The van der Waals surface area contributed by atoms with E-state index in [0.717, 1.165) is 4.47 Å². The summed E-state index contributed by atoms with van der Waals surface area (Å²) in [4.78, 5) is 24.2. The number of ether oxygens (including phenoxy) is 1. The summed E-state index contributed by atoms with van der Waals surface area (Å²) in [6.45, 7) is 5.44. The van der Waals surface area contributed by atoms with Crippen LogP contribution in [0.3, 0.4) is 0 Å². The molecule has 0 bridgehead atoms. The average Bonchev–Trinajstić information content (AvgIpc) is 2.95. The number of carbonyl (C=O) groups excluding carboxylic acids is 2. The van der Waals surface area contributed by atoms with Crippen LogP contribution in [0.5, 0.6) is 0 Å². The maximum Gasteiger partial charge on any atom is 0.338 e. The number of halogens is 1. The monoisotopic (exact) mass is 379 g/mol. The number of nitrogens with one attached hydrogen (secondary N) is 1. The van der Waals surface area contributed by atoms with Gasteiger partial charge in [0.25, 0.3) is 5.91 Å². The van der Waals surface area contributed by atoms with Gasteiger partial charge in [-0.05, 0) is 39.0 Å². The number of hydrogen-bond acceptors (Lipinski definition) is 4. The van der Waals surface area contributed by atoms with Crippen molar-refractivity contribution in [2.24, 2.45) is 0 Å². The van der Waals surface area contributed by atoms with Crippen molar-refractivity contribution in [1.29, 1.82) is 0 Å². The molecule has 0 spiro atoms. The second kappa shape index (κ2) is 7.41. The van der Waals surface area contributed by atoms with Crippen LogP contribution >= 0.6 is 15.9 Å². The minimum Gasteiger partial charge on any atom is -0.449 e. The number of benzene rings is 1. The maximum atomic E-state index is 12.2. The highest BCUT2D eigenvalue weighted by Crippen LogP contribution is 2.15. The molecule has 0 saturated heterocycles. The Morgan fingerprint density at radius 3 is 2.65 bits per heavy atom. The molecule has 1 N–H and O–H groups in total. The molecular formula is C16H18BrN3O3. The van der Waals surface area contributed by atoms with E-state index in [1.165, 1.54) is 6.92 Å². The fourth-order valence-corrected chi connectivity index (χ4v) is 2.35. The number of carbonyl (C=O) groups is 2. The highest BCUT2D eigenvalue weighted by molar-refractivity contribution is 9.10. The Balaban J connectivity index is 2.00. The summed E-state index contributed by atoms with van der Waals surface area (Å²) >= 11 is 3.29. The SMILES string of the molecule is CC(C)n1nccc1NC(=O)[C@@H](C)OC(=O)c1cccc(Br)c1. The van der Waals surface area contributed by atoms with Crippen molar-refractivity contribution in [3.8, 4) is 0 Å². The molecule has 122 valence electrons. The van der Waals surface area contributed by atoms with Crippen molar-refractivity contribution in [3.05, 3.63) is 46.6 Å². The molecule has 1 heterocycles. The number of nitrogens with zero attached hydrogens (tertiary/aromatic N) is 2. The normalized spacial score (nSPS) is 12.0. The van der Waals surface area contributed by atoms with Gasteiger partial charge in [0.05, 0.1) is 11.8 Å². The minimum atomic E-state index is -0.919. The predicted octanol–water partition coefficient (Wildman–Crippen LogP) is 3.41. The lowest BCUT2D eigenvalue weighted by Crippen LogP contribution is -2.31. The number of aromatic nitrogens is 2. The van der Waals surface area contributed by atoms with Crippen LogP contribution in [0.2, 0.25) is 0 Å². The van der Waals surface area contributed by atoms with Gasteiger partial charge in [-0.25, -0.2) is 9.48 Å². The second-order valence-corrected chi connectivity index (χ2v) is 6.22. The molecule has 1 atom stereocenters. The first-order chi connectivity index (χ1) is 10.9. The Kier molecular flexibility index (Phi) is 5.54. The number of rotatable bonds is 5. The molecule has 0 aliphatic carbocycles. The number of amides is 1. The van der Waals surface area contributed by atoms with Crippen molar-refractivity contribution in [2.45, 2.75) is 32.9 Å². The quantitative estimate of drug-likeness (QED) is 0.807. The summed E-state index contributed by atoms with van der Waals surface area (Å²) in [7, 11) is 0. The molecule has 7 heteroatoms. The molecule has 0 aliphatic heterocycles. The fraction of sp³-hybridized carbons (Fsp3) is 0.312. The van der Waals surface area contributed by atoms with Crippen molar-refractivity contribution in [2.75, 3.05) is 5.32 Å². The van der Waals surface area contributed by atoms with Gasteiger partial charge in [-0.3, -0.25) is 4.79 Å². The maximum absolute atomic E-state index is 12.2. The summed E-state index contributed by atoms with van der Waals surface area (Å²) in [6, 6.07) is 8.61. The van der Waals surface area contributed by atoms with Crippen LogP contribution in [0.1, 0.15) is 37.2 Å². The van der Waals surface area contributed by atoms with Gasteiger partial charge in [-0.1, -0.05) is 22.0 Å². The second-order valence-electron chi connectivity index (χ2n) is 5.30. The van der Waals surface area contributed by atoms with Crippen LogP contribution < -0.4 is 5.32 Å². The molecule has 0 radical (unpaired) electrons. The molecule has 1 aromatic carbocycles. The summed E-state index contributed by atoms with van der Waals surface area (Å²) in [6.07, 6.45) is 0.685. The van der Waals surface area contributed by atoms with Gasteiger partial charge < -0.3 is 10.1 Å². The molecule has 0 unspecified atom stereocenters. The van der Waals surface area contributed by atoms with Gasteiger partial charge in [0.15, 0.2) is 6.10 Å². The molecule has 23 heavy (non-hydrogen) atoms. The van der Waals surface area contributed by atoms with Crippen LogP contribution in [-0.2, 0) is 9.53 Å². The van der Waals surface area contributed by atoms with Gasteiger partial charge in [-0.15, -0.1) is 0 Å². The van der Waals surface area contributed by atoms with Gasteiger partial charge in [0, 0.05) is 16.6 Å². The summed E-state index contributed by atoms with van der Waals surface area (Å²) in [5.41, 5.74) is 0.381. The van der Waals surface area contributed by atoms with E-state index >= 15 is 0 Å². The van der Waals surface area contributed by atoms with Crippen LogP contribution in [0, 0.1) is 0 Å². The van der Waals surface area contributed by atoms with E-state index in [-0.39, 0.29) is 6.04 Å². The zero-order valence-electron chi connectivity index (χ0n) is 13.1. The molecular weight excluding hydrogens is 362 g/mol. The average molecular weight is 380 g/mol. The van der Waals surface area contributed by atoms with Crippen LogP contribution in [0.4, 0.5) is 5.82 Å². The van der Waals surface area contributed by atoms with Gasteiger partial charge in [0.1, 0.15) is 5.82 Å². The van der Waals surface area contributed by atoms with Crippen molar-refractivity contribution >= 4 is 33.6 Å². The summed E-state index contributed by atoms with van der Waals surface area (Å²) in [5.74, 6) is -0.391. The zero-order valence-corrected chi connectivity index (χ0v) is 14.7. The summed E-state index contributed by atoms with van der Waals surface area (Å²) in [5, 5.41) is 6.85. The molecule has 1 amide bonds. The van der Waals surface area contributed by atoms with E-state index in [4.69, 9.17) is 4.74 Å². The smallest absolute Gasteiger partial charge is 0.338 e. The standard InChI is InChI=1S/C16H18BrN3O3/c1-10(2)20-14(7-8-18-20)19-15(21)11(3)23-16(22)12-5-4-6-13(17)9-12/h4-11H,1-3H3,(H,19,21)/t11-/m1/s1. The van der Waals surface area contributed by atoms with Crippen molar-refractivity contribution in [3.63, 3.8) is 0 Å². The molecule has 6 nitrogen and oxygen atoms in total. The van der Waals surface area contributed by atoms with Gasteiger partial charge in [0.2, 0.25) is 0 Å². The lowest BCUT2D eigenvalue weighted by molar-refractivity contribution is -0.123. The first-order valence-electron chi connectivity index (χ1n) is 7.19. The van der Waals surface area contributed by atoms with Crippen molar-refractivity contribution < 1.29 is 14.3 Å². The van der Waals surface area contributed by atoms with Gasteiger partial charge in [-0.2, -0.15) is 5.10 Å². The Morgan fingerprint density at radius 1 is 1.26 bits per heavy atom. The largest absolute Gasteiger partial charge is 0.449 e. The molecule has 0 aliphatic rings. The molecule has 1 aromatic heterocycles. The third-order valence-corrected chi connectivity index (χ3v) is 3.62. The number of esters is 1. The van der Waals surface area contributed by atoms with E-state index in [1.54, 1.807) is 41.2 Å². The first-order valence-corrected chi connectivity index (χ1v) is 7.98. The van der Waals surface area contributed by atoms with Crippen LogP contribution in [0.25, 0.3) is 0 Å². The molecule has 2 aromatic rings. The zero-order chi connectivity index (χ0) is 17.0. The number of anilines is 1. The van der Waals surface area contributed by atoms with E-state index < -0.39 is 18.0 Å². The third kappa shape index (κ3) is 4.41. The first kappa shape index (κ1) is 17.2. The lowest BCUT2D eigenvalue weighted by atomic mass is 10.2. The van der Waals surface area contributed by atoms with E-state index in [0.29, 0.717) is 11.4 Å². The highest BCUT2D eigenvalue weighted by atomic mass is 79.9. The number of hydrogen-bond donors (Lipinski definition) is 1. The molecule has 0 saturated carbocycles. The Labute approximate surface area is 143 Å². The Hall–Kier alpha value is -2.15. The lowest BCUT2D eigenvalue weighted by Gasteiger charge is -2.15. The van der Waals surface area contributed by atoms with Gasteiger partial charge >= 0.3 is 5.97 Å². The topological polar surface area (TPSA) is 73.2 Å². The van der Waals surface area contributed by atoms with E-state index in [1.807, 2.05) is 13.8 Å². The molecule has 2 rings (SSSR count).